The third-order valence-corrected chi connectivity index (χ3v) is 3.65. The van der Waals surface area contributed by atoms with Crippen LogP contribution >= 0.6 is 11.6 Å². The maximum absolute atomic E-state index is 6.14. The van der Waals surface area contributed by atoms with Crippen molar-refractivity contribution in [3.8, 4) is 11.6 Å². The van der Waals surface area contributed by atoms with Gasteiger partial charge in [-0.1, -0.05) is 35.9 Å². The zero-order valence-electron chi connectivity index (χ0n) is 11.5. The Morgan fingerprint density at radius 2 is 1.86 bits per heavy atom. The first kappa shape index (κ1) is 13.8. The quantitative estimate of drug-likeness (QED) is 0.798. The molecular formula is C16H14ClN3O. The number of nitrogens with two attached hydrogens (primary N) is 1. The molecule has 0 spiro atoms. The molecule has 0 fully saturated rings. The highest BCUT2D eigenvalue weighted by atomic mass is 35.5. The molecule has 3 aromatic rings. The maximum atomic E-state index is 6.14. The predicted octanol–water partition coefficient (Wildman–Crippen LogP) is 3.84. The van der Waals surface area contributed by atoms with Crippen molar-refractivity contribution in [3.63, 3.8) is 0 Å². The van der Waals surface area contributed by atoms with Crippen LogP contribution < -0.4 is 10.5 Å². The van der Waals surface area contributed by atoms with Crippen LogP contribution in [0.15, 0.2) is 42.5 Å². The fraction of sp³-hybridized carbons (Fsp3) is 0.125. The van der Waals surface area contributed by atoms with Crippen molar-refractivity contribution in [3.05, 3.63) is 58.7 Å². The van der Waals surface area contributed by atoms with E-state index in [0.717, 1.165) is 22.0 Å². The summed E-state index contributed by atoms with van der Waals surface area (Å²) in [6, 6.07) is 13.3. The molecule has 2 aromatic carbocycles. The molecule has 2 N–H and O–H groups in total. The third kappa shape index (κ3) is 2.68. The van der Waals surface area contributed by atoms with Crippen molar-refractivity contribution in [2.24, 2.45) is 5.73 Å². The largest absolute Gasteiger partial charge is 0.437 e. The Morgan fingerprint density at radius 1 is 1.10 bits per heavy atom. The van der Waals surface area contributed by atoms with Crippen LogP contribution in [0.4, 0.5) is 0 Å². The first-order valence-corrected chi connectivity index (χ1v) is 6.95. The molecule has 0 bridgehead atoms. The standard InChI is InChI=1S/C16H14ClN3O/c1-10-13-4-2-3-5-14(13)16(20-19-10)21-12-7-6-11(9-18)15(17)8-12/h2-8H,9,18H2,1H3. The van der Waals surface area contributed by atoms with Crippen LogP contribution in [0.1, 0.15) is 11.3 Å². The van der Waals surface area contributed by atoms with E-state index >= 15 is 0 Å². The molecule has 21 heavy (non-hydrogen) atoms. The van der Waals surface area contributed by atoms with Gasteiger partial charge in [0.05, 0.1) is 5.69 Å². The van der Waals surface area contributed by atoms with Crippen molar-refractivity contribution in [1.29, 1.82) is 0 Å². The van der Waals surface area contributed by atoms with E-state index in [9.17, 15) is 0 Å². The molecule has 0 atom stereocenters. The summed E-state index contributed by atoms with van der Waals surface area (Å²) in [6.45, 7) is 2.32. The molecule has 0 saturated carbocycles. The number of aryl methyl sites for hydroxylation is 1. The molecule has 3 rings (SSSR count). The van der Waals surface area contributed by atoms with Gasteiger partial charge in [-0.3, -0.25) is 0 Å². The molecule has 1 aromatic heterocycles. The Kier molecular flexibility index (Phi) is 3.73. The number of rotatable bonds is 3. The number of hydrogen-bond acceptors (Lipinski definition) is 4. The van der Waals surface area contributed by atoms with Crippen LogP contribution in [0.2, 0.25) is 5.02 Å². The number of halogens is 1. The number of nitrogens with zero attached hydrogens (tertiary/aromatic N) is 2. The van der Waals surface area contributed by atoms with Crippen molar-refractivity contribution in [2.45, 2.75) is 13.5 Å². The van der Waals surface area contributed by atoms with Gasteiger partial charge in [-0.2, -0.15) is 5.10 Å². The molecule has 1 heterocycles. The Balaban J connectivity index is 2.02. The second-order valence-corrected chi connectivity index (χ2v) is 5.10. The van der Waals surface area contributed by atoms with Crippen LogP contribution in [0.25, 0.3) is 10.8 Å². The third-order valence-electron chi connectivity index (χ3n) is 3.30. The maximum Gasteiger partial charge on any atom is 0.246 e. The summed E-state index contributed by atoms with van der Waals surface area (Å²) in [4.78, 5) is 0. The minimum atomic E-state index is 0.395. The first-order valence-electron chi connectivity index (χ1n) is 6.57. The van der Waals surface area contributed by atoms with E-state index in [4.69, 9.17) is 22.1 Å². The molecule has 0 saturated heterocycles. The highest BCUT2D eigenvalue weighted by Gasteiger charge is 2.09. The molecule has 0 unspecified atom stereocenters. The fourth-order valence-corrected chi connectivity index (χ4v) is 2.41. The summed E-state index contributed by atoms with van der Waals surface area (Å²) >= 11 is 6.14. The van der Waals surface area contributed by atoms with E-state index in [0.29, 0.717) is 23.2 Å². The van der Waals surface area contributed by atoms with Crippen molar-refractivity contribution >= 4 is 22.4 Å². The molecular weight excluding hydrogens is 286 g/mol. The van der Waals surface area contributed by atoms with E-state index in [1.807, 2.05) is 43.3 Å². The molecule has 0 aliphatic carbocycles. The molecule has 0 aliphatic rings. The lowest BCUT2D eigenvalue weighted by atomic mass is 10.1. The summed E-state index contributed by atoms with van der Waals surface area (Å²) in [7, 11) is 0. The van der Waals surface area contributed by atoms with Crippen molar-refractivity contribution in [1.82, 2.24) is 10.2 Å². The molecule has 4 nitrogen and oxygen atoms in total. The van der Waals surface area contributed by atoms with Crippen LogP contribution in [0.3, 0.4) is 0 Å². The fourth-order valence-electron chi connectivity index (χ4n) is 2.16. The average Bonchev–Trinajstić information content (AvgIpc) is 2.51. The number of ether oxygens (including phenoxy) is 1. The number of aromatic nitrogens is 2. The first-order chi connectivity index (χ1) is 10.2. The zero-order valence-corrected chi connectivity index (χ0v) is 12.3. The van der Waals surface area contributed by atoms with Gasteiger partial charge in [0.25, 0.3) is 0 Å². The van der Waals surface area contributed by atoms with Gasteiger partial charge in [-0.25, -0.2) is 0 Å². The summed E-state index contributed by atoms with van der Waals surface area (Å²) in [5, 5.41) is 10.8. The van der Waals surface area contributed by atoms with E-state index in [-0.39, 0.29) is 0 Å². The van der Waals surface area contributed by atoms with Gasteiger partial charge in [-0.05, 0) is 30.7 Å². The average molecular weight is 300 g/mol. The Morgan fingerprint density at radius 3 is 2.57 bits per heavy atom. The van der Waals surface area contributed by atoms with E-state index in [2.05, 4.69) is 10.2 Å². The van der Waals surface area contributed by atoms with Crippen LogP contribution in [0, 0.1) is 6.92 Å². The van der Waals surface area contributed by atoms with Crippen LogP contribution in [0.5, 0.6) is 11.6 Å². The van der Waals surface area contributed by atoms with Gasteiger partial charge in [-0.15, -0.1) is 5.10 Å². The molecule has 0 amide bonds. The SMILES string of the molecule is Cc1nnc(Oc2ccc(CN)c(Cl)c2)c2ccccc12. The van der Waals surface area contributed by atoms with Gasteiger partial charge in [0, 0.05) is 22.3 Å². The van der Waals surface area contributed by atoms with Crippen molar-refractivity contribution in [2.75, 3.05) is 0 Å². The zero-order chi connectivity index (χ0) is 14.8. The summed E-state index contributed by atoms with van der Waals surface area (Å²) < 4.78 is 5.83. The minimum Gasteiger partial charge on any atom is -0.437 e. The van der Waals surface area contributed by atoms with E-state index in [1.54, 1.807) is 6.07 Å². The summed E-state index contributed by atoms with van der Waals surface area (Å²) in [5.74, 6) is 1.08. The number of hydrogen-bond donors (Lipinski definition) is 1. The van der Waals surface area contributed by atoms with Gasteiger partial charge in [0.1, 0.15) is 5.75 Å². The van der Waals surface area contributed by atoms with E-state index in [1.165, 1.54) is 0 Å². The Hall–Kier alpha value is -2.17. The number of fused-ring (bicyclic) bond motifs is 1. The lowest BCUT2D eigenvalue weighted by molar-refractivity contribution is 0.461. The smallest absolute Gasteiger partial charge is 0.246 e. The van der Waals surface area contributed by atoms with Crippen molar-refractivity contribution < 1.29 is 4.74 Å². The lowest BCUT2D eigenvalue weighted by Crippen LogP contribution is -1.98. The van der Waals surface area contributed by atoms with Gasteiger partial charge >= 0.3 is 0 Å². The van der Waals surface area contributed by atoms with Gasteiger partial charge in [0.2, 0.25) is 5.88 Å². The molecule has 106 valence electrons. The van der Waals surface area contributed by atoms with Crippen LogP contribution in [-0.2, 0) is 6.54 Å². The second-order valence-electron chi connectivity index (χ2n) is 4.70. The Labute approximate surface area is 127 Å². The van der Waals surface area contributed by atoms with E-state index < -0.39 is 0 Å². The summed E-state index contributed by atoms with van der Waals surface area (Å²) in [5.41, 5.74) is 7.35. The minimum absolute atomic E-state index is 0.395. The topological polar surface area (TPSA) is 61.0 Å². The lowest BCUT2D eigenvalue weighted by Gasteiger charge is -2.09. The monoisotopic (exact) mass is 299 g/mol. The second kappa shape index (κ2) is 5.68. The Bertz CT molecular complexity index is 805. The predicted molar refractivity (Wildman–Crippen MR) is 83.7 cm³/mol. The summed E-state index contributed by atoms with van der Waals surface area (Å²) in [6.07, 6.45) is 0. The normalized spacial score (nSPS) is 10.8. The molecule has 0 radical (unpaired) electrons. The number of benzene rings is 2. The molecule has 5 heteroatoms. The highest BCUT2D eigenvalue weighted by molar-refractivity contribution is 6.31. The molecule has 0 aliphatic heterocycles. The van der Waals surface area contributed by atoms with Crippen LogP contribution in [-0.4, -0.2) is 10.2 Å². The van der Waals surface area contributed by atoms with Gasteiger partial charge in [0.15, 0.2) is 0 Å². The van der Waals surface area contributed by atoms with Gasteiger partial charge < -0.3 is 10.5 Å². The highest BCUT2D eigenvalue weighted by Crippen LogP contribution is 2.30.